The third-order valence-electron chi connectivity index (χ3n) is 4.67. The van der Waals surface area contributed by atoms with Crippen molar-refractivity contribution in [3.05, 3.63) is 76.8 Å². The van der Waals surface area contributed by atoms with Gasteiger partial charge in [0.25, 0.3) is 0 Å². The molecule has 0 fully saturated rings. The van der Waals surface area contributed by atoms with Crippen molar-refractivity contribution in [1.82, 2.24) is 0 Å². The molecule has 0 atom stereocenters. The van der Waals surface area contributed by atoms with Crippen molar-refractivity contribution in [2.24, 2.45) is 0 Å². The second-order valence-corrected chi connectivity index (χ2v) is 9.76. The molecule has 0 aliphatic heterocycles. The highest BCUT2D eigenvalue weighted by atomic mass is 35.5. The van der Waals surface area contributed by atoms with Crippen LogP contribution in [0, 0.1) is 6.92 Å². The van der Waals surface area contributed by atoms with E-state index in [9.17, 15) is 26.4 Å². The summed E-state index contributed by atoms with van der Waals surface area (Å²) in [4.78, 5) is 12.6. The fraction of sp³-hybridized carbons (Fsp3) is 0.174. The number of rotatable bonds is 6. The van der Waals surface area contributed by atoms with Gasteiger partial charge in [-0.05, 0) is 48.4 Å². The average molecular weight is 498 g/mol. The molecule has 0 unspecified atom stereocenters. The number of aryl methyl sites for hydroxylation is 1. The van der Waals surface area contributed by atoms with E-state index >= 15 is 0 Å². The number of nitrogens with one attached hydrogen (secondary N) is 1. The molecule has 0 heterocycles. The first-order valence-electron chi connectivity index (χ1n) is 9.57. The summed E-state index contributed by atoms with van der Waals surface area (Å²) in [6.45, 7) is 1.66. The molecule has 5 nitrogen and oxygen atoms in total. The first-order chi connectivity index (χ1) is 15.3. The zero-order valence-electron chi connectivity index (χ0n) is 17.5. The molecule has 0 saturated heterocycles. The summed E-state index contributed by atoms with van der Waals surface area (Å²) in [7, 11) is -3.33. The van der Waals surface area contributed by atoms with Gasteiger partial charge in [0, 0.05) is 23.1 Å². The lowest BCUT2D eigenvalue weighted by molar-refractivity contribution is -0.274. The minimum Gasteiger partial charge on any atom is -0.405 e. The van der Waals surface area contributed by atoms with Gasteiger partial charge in [0.1, 0.15) is 5.75 Å². The molecule has 3 aromatic carbocycles. The van der Waals surface area contributed by atoms with Crippen molar-refractivity contribution in [2.45, 2.75) is 24.6 Å². The lowest BCUT2D eigenvalue weighted by atomic mass is 9.99. The molecule has 0 spiro atoms. The lowest BCUT2D eigenvalue weighted by Crippen LogP contribution is -2.17. The second kappa shape index (κ2) is 9.44. The van der Waals surface area contributed by atoms with Gasteiger partial charge in [0.15, 0.2) is 9.84 Å². The standard InChI is InChI=1S/C23H19ClF3NO4S/c1-14-11-16(28-21(29)12-15-7-9-17(10-8-15)33(2,30)31)13-19(24)22(14)18-5-3-4-6-20(18)32-23(25,26)27/h3-11,13H,12H2,1-2H3,(H,28,29). The van der Waals surface area contributed by atoms with Crippen LogP contribution in [0.3, 0.4) is 0 Å². The maximum absolute atomic E-state index is 12.8. The number of hydrogen-bond acceptors (Lipinski definition) is 4. The van der Waals surface area contributed by atoms with Gasteiger partial charge in [-0.25, -0.2) is 8.42 Å². The topological polar surface area (TPSA) is 72.5 Å². The van der Waals surface area contributed by atoms with Crippen LogP contribution in [0.2, 0.25) is 5.02 Å². The number of carbonyl (C=O) groups excluding carboxylic acids is 1. The van der Waals surface area contributed by atoms with E-state index in [1.54, 1.807) is 31.2 Å². The molecule has 3 rings (SSSR count). The van der Waals surface area contributed by atoms with Crippen molar-refractivity contribution in [3.63, 3.8) is 0 Å². The van der Waals surface area contributed by atoms with Crippen LogP contribution < -0.4 is 10.1 Å². The quantitative estimate of drug-likeness (QED) is 0.467. The predicted octanol–water partition coefficient (Wildman–Crippen LogP) is 5.80. The molecule has 0 aliphatic rings. The van der Waals surface area contributed by atoms with Crippen molar-refractivity contribution in [3.8, 4) is 16.9 Å². The van der Waals surface area contributed by atoms with Crippen molar-refractivity contribution >= 4 is 33.0 Å². The van der Waals surface area contributed by atoms with Gasteiger partial charge < -0.3 is 10.1 Å². The molecule has 1 N–H and O–H groups in total. The van der Waals surface area contributed by atoms with E-state index < -0.39 is 16.2 Å². The van der Waals surface area contributed by atoms with Crippen LogP contribution >= 0.6 is 11.6 Å². The second-order valence-electron chi connectivity index (χ2n) is 7.33. The Morgan fingerprint density at radius 3 is 2.27 bits per heavy atom. The van der Waals surface area contributed by atoms with Crippen molar-refractivity contribution < 1.29 is 31.1 Å². The fourth-order valence-electron chi connectivity index (χ4n) is 3.29. The summed E-state index contributed by atoms with van der Waals surface area (Å²) >= 11 is 6.37. The van der Waals surface area contributed by atoms with Gasteiger partial charge in [-0.15, -0.1) is 13.2 Å². The number of hydrogen-bond donors (Lipinski definition) is 1. The number of carbonyl (C=O) groups is 1. The third-order valence-corrected chi connectivity index (χ3v) is 6.10. The molecule has 1 amide bonds. The number of benzene rings is 3. The molecule has 0 radical (unpaired) electrons. The minimum atomic E-state index is -4.86. The molecule has 0 bridgehead atoms. The van der Waals surface area contributed by atoms with E-state index in [0.29, 0.717) is 22.4 Å². The van der Waals surface area contributed by atoms with Crippen LogP contribution in [0.25, 0.3) is 11.1 Å². The molecular formula is C23H19ClF3NO4S. The molecule has 33 heavy (non-hydrogen) atoms. The molecule has 0 aromatic heterocycles. The van der Waals surface area contributed by atoms with Gasteiger partial charge in [-0.2, -0.15) is 0 Å². The maximum Gasteiger partial charge on any atom is 0.573 e. The van der Waals surface area contributed by atoms with Crippen LogP contribution in [0.1, 0.15) is 11.1 Å². The highest BCUT2D eigenvalue weighted by Crippen LogP contribution is 2.40. The van der Waals surface area contributed by atoms with Gasteiger partial charge in [0.05, 0.1) is 16.3 Å². The highest BCUT2D eigenvalue weighted by molar-refractivity contribution is 7.90. The molecular weight excluding hydrogens is 479 g/mol. The smallest absolute Gasteiger partial charge is 0.405 e. The minimum absolute atomic E-state index is 0.00921. The Kier molecular flexibility index (Phi) is 7.04. The first kappa shape index (κ1) is 24.6. The van der Waals surface area contributed by atoms with E-state index in [1.165, 1.54) is 36.4 Å². The van der Waals surface area contributed by atoms with E-state index in [0.717, 1.165) is 6.26 Å². The molecule has 10 heteroatoms. The number of ether oxygens (including phenoxy) is 1. The van der Waals surface area contributed by atoms with E-state index in [2.05, 4.69) is 10.1 Å². The number of amides is 1. The zero-order chi connectivity index (χ0) is 24.4. The summed E-state index contributed by atoms with van der Waals surface area (Å²) in [5, 5.41) is 2.84. The summed E-state index contributed by atoms with van der Waals surface area (Å²) < 4.78 is 65.5. The third kappa shape index (κ3) is 6.49. The Morgan fingerprint density at radius 2 is 1.70 bits per heavy atom. The number of sulfone groups is 1. The van der Waals surface area contributed by atoms with Crippen LogP contribution in [0.5, 0.6) is 5.75 Å². The van der Waals surface area contributed by atoms with Crippen molar-refractivity contribution in [2.75, 3.05) is 11.6 Å². The normalized spacial score (nSPS) is 11.8. The van der Waals surface area contributed by atoms with Crippen LogP contribution in [0.4, 0.5) is 18.9 Å². The summed E-state index contributed by atoms with van der Waals surface area (Å²) in [5.41, 5.74) is 2.03. The van der Waals surface area contributed by atoms with Crippen LogP contribution in [-0.2, 0) is 21.1 Å². The number of anilines is 1. The summed E-state index contributed by atoms with van der Waals surface area (Å²) in [6.07, 6.45) is -3.77. The first-order valence-corrected chi connectivity index (χ1v) is 11.8. The number of alkyl halides is 3. The Bertz CT molecular complexity index is 1270. The van der Waals surface area contributed by atoms with Gasteiger partial charge in [-0.3, -0.25) is 4.79 Å². The molecule has 174 valence electrons. The monoisotopic (exact) mass is 497 g/mol. The SMILES string of the molecule is Cc1cc(NC(=O)Cc2ccc(S(C)(=O)=O)cc2)cc(Cl)c1-c1ccccc1OC(F)(F)F. The van der Waals surface area contributed by atoms with Crippen LogP contribution in [-0.4, -0.2) is 26.9 Å². The van der Waals surface area contributed by atoms with E-state index in [-0.39, 0.29) is 33.6 Å². The molecule has 0 saturated carbocycles. The largest absolute Gasteiger partial charge is 0.573 e. The molecule has 0 aliphatic carbocycles. The Morgan fingerprint density at radius 1 is 1.06 bits per heavy atom. The fourth-order valence-corrected chi connectivity index (χ4v) is 4.29. The Labute approximate surface area is 194 Å². The zero-order valence-corrected chi connectivity index (χ0v) is 19.1. The summed E-state index contributed by atoms with van der Waals surface area (Å²) in [5.74, 6) is -0.754. The maximum atomic E-state index is 12.8. The van der Waals surface area contributed by atoms with Gasteiger partial charge in [-0.1, -0.05) is 41.9 Å². The highest BCUT2D eigenvalue weighted by Gasteiger charge is 2.32. The number of para-hydroxylation sites is 1. The summed E-state index contributed by atoms with van der Waals surface area (Å²) in [6, 6.07) is 14.6. The molecule has 3 aromatic rings. The predicted molar refractivity (Wildman–Crippen MR) is 120 cm³/mol. The van der Waals surface area contributed by atoms with E-state index in [4.69, 9.17) is 11.6 Å². The van der Waals surface area contributed by atoms with Gasteiger partial charge in [0.2, 0.25) is 5.91 Å². The number of halogens is 4. The Hall–Kier alpha value is -3.04. The van der Waals surface area contributed by atoms with E-state index in [1.807, 2.05) is 0 Å². The lowest BCUT2D eigenvalue weighted by Gasteiger charge is -2.17. The Balaban J connectivity index is 1.81. The van der Waals surface area contributed by atoms with Crippen LogP contribution in [0.15, 0.2) is 65.6 Å². The van der Waals surface area contributed by atoms with Crippen molar-refractivity contribution in [1.29, 1.82) is 0 Å². The average Bonchev–Trinajstić information content (AvgIpc) is 2.67. The van der Waals surface area contributed by atoms with Gasteiger partial charge >= 0.3 is 6.36 Å².